The molecule has 0 unspecified atom stereocenters. The van der Waals surface area contributed by atoms with E-state index in [1.807, 2.05) is 45.9 Å². The lowest BCUT2D eigenvalue weighted by atomic mass is 9.79. The van der Waals surface area contributed by atoms with E-state index in [4.69, 9.17) is 18.8 Å². The highest BCUT2D eigenvalue weighted by molar-refractivity contribution is 6.62. The minimum Gasteiger partial charge on any atom is -0.484 e. The molecule has 1 aromatic rings. The lowest BCUT2D eigenvalue weighted by Gasteiger charge is -2.32. The molecule has 6 nitrogen and oxygen atoms in total. The summed E-state index contributed by atoms with van der Waals surface area (Å²) in [6.45, 7) is 8.94. The quantitative estimate of drug-likeness (QED) is 0.598. The van der Waals surface area contributed by atoms with Gasteiger partial charge in [-0.05, 0) is 45.3 Å². The van der Waals surface area contributed by atoms with Gasteiger partial charge in [-0.25, -0.2) is 0 Å². The van der Waals surface area contributed by atoms with Crippen molar-refractivity contribution in [1.82, 2.24) is 5.32 Å². The average molecular weight is 335 g/mol. The van der Waals surface area contributed by atoms with Gasteiger partial charge in [-0.2, -0.15) is 0 Å². The number of hydrogen-bond acceptors (Lipinski definition) is 5. The molecule has 1 heterocycles. The van der Waals surface area contributed by atoms with E-state index in [0.717, 1.165) is 5.46 Å². The number of ether oxygens (including phenoxy) is 2. The van der Waals surface area contributed by atoms with E-state index in [0.29, 0.717) is 18.9 Å². The van der Waals surface area contributed by atoms with Crippen molar-refractivity contribution >= 4 is 18.5 Å². The highest BCUT2D eigenvalue weighted by atomic mass is 16.7. The highest BCUT2D eigenvalue weighted by Gasteiger charge is 2.51. The van der Waals surface area contributed by atoms with Crippen molar-refractivity contribution in [2.24, 2.45) is 0 Å². The topological polar surface area (TPSA) is 66.0 Å². The molecular weight excluding hydrogens is 309 g/mol. The summed E-state index contributed by atoms with van der Waals surface area (Å²) in [5.41, 5.74) is 0.0804. The SMILES string of the molecule is COCCNC(=O)COc1cccc(B2OC(C)(C)C(C)(C)O2)c1. The fourth-order valence-electron chi connectivity index (χ4n) is 2.22. The van der Waals surface area contributed by atoms with Crippen molar-refractivity contribution in [3.63, 3.8) is 0 Å². The third-order valence-electron chi connectivity index (χ3n) is 4.38. The van der Waals surface area contributed by atoms with Crippen molar-refractivity contribution in [3.05, 3.63) is 24.3 Å². The molecule has 0 aliphatic carbocycles. The standard InChI is InChI=1S/C17H26BNO5/c1-16(2)17(3,4)24-18(23-16)13-7-6-8-14(11-13)22-12-15(20)19-9-10-21-5/h6-8,11H,9-10,12H2,1-5H3,(H,19,20). The Hall–Kier alpha value is -1.57. The van der Waals surface area contributed by atoms with E-state index in [1.54, 1.807) is 13.2 Å². The van der Waals surface area contributed by atoms with E-state index in [1.165, 1.54) is 0 Å². The Kier molecular flexibility index (Phi) is 5.90. The van der Waals surface area contributed by atoms with E-state index < -0.39 is 18.3 Å². The Bertz CT molecular complexity index is 560. The van der Waals surface area contributed by atoms with E-state index in [9.17, 15) is 4.79 Å². The largest absolute Gasteiger partial charge is 0.494 e. The number of nitrogens with one attached hydrogen (secondary N) is 1. The molecule has 24 heavy (non-hydrogen) atoms. The number of carbonyl (C=O) groups excluding carboxylic acids is 1. The second-order valence-electron chi connectivity index (χ2n) is 6.79. The predicted octanol–water partition coefficient (Wildman–Crippen LogP) is 1.13. The molecule has 0 spiro atoms. The lowest BCUT2D eigenvalue weighted by molar-refractivity contribution is -0.123. The van der Waals surface area contributed by atoms with Crippen LogP contribution in [0.4, 0.5) is 0 Å². The third-order valence-corrected chi connectivity index (χ3v) is 4.38. The molecule has 0 saturated carbocycles. The summed E-state index contributed by atoms with van der Waals surface area (Å²) in [6, 6.07) is 7.42. The Labute approximate surface area is 143 Å². The van der Waals surface area contributed by atoms with Crippen LogP contribution in [0.5, 0.6) is 5.75 Å². The second-order valence-corrected chi connectivity index (χ2v) is 6.79. The maximum atomic E-state index is 11.7. The summed E-state index contributed by atoms with van der Waals surface area (Å²) in [4.78, 5) is 11.7. The summed E-state index contributed by atoms with van der Waals surface area (Å²) in [7, 11) is 1.14. The number of methoxy groups -OCH3 is 1. The van der Waals surface area contributed by atoms with Crippen LogP contribution in [0.2, 0.25) is 0 Å². The van der Waals surface area contributed by atoms with Gasteiger partial charge in [0, 0.05) is 13.7 Å². The Balaban J connectivity index is 1.94. The molecule has 7 heteroatoms. The molecular formula is C17H26BNO5. The molecule has 1 N–H and O–H groups in total. The van der Waals surface area contributed by atoms with Crippen molar-refractivity contribution < 1.29 is 23.6 Å². The summed E-state index contributed by atoms with van der Waals surface area (Å²) < 4.78 is 22.5. The number of carbonyl (C=O) groups is 1. The zero-order valence-corrected chi connectivity index (χ0v) is 15.0. The smallest absolute Gasteiger partial charge is 0.484 e. The second kappa shape index (κ2) is 7.55. The third kappa shape index (κ3) is 4.50. The van der Waals surface area contributed by atoms with Gasteiger partial charge in [-0.15, -0.1) is 0 Å². The van der Waals surface area contributed by atoms with Crippen LogP contribution in [0.3, 0.4) is 0 Å². The molecule has 0 atom stereocenters. The van der Waals surface area contributed by atoms with Crippen LogP contribution in [-0.4, -0.2) is 51.1 Å². The fourth-order valence-corrected chi connectivity index (χ4v) is 2.22. The van der Waals surface area contributed by atoms with Crippen LogP contribution in [0, 0.1) is 0 Å². The summed E-state index contributed by atoms with van der Waals surface area (Å²) in [5.74, 6) is 0.414. The first kappa shape index (κ1) is 18.8. The zero-order valence-electron chi connectivity index (χ0n) is 15.0. The lowest BCUT2D eigenvalue weighted by Crippen LogP contribution is -2.41. The van der Waals surface area contributed by atoms with Gasteiger partial charge in [0.2, 0.25) is 0 Å². The maximum absolute atomic E-state index is 11.7. The van der Waals surface area contributed by atoms with Gasteiger partial charge in [0.05, 0.1) is 17.8 Å². The number of benzene rings is 1. The van der Waals surface area contributed by atoms with Gasteiger partial charge < -0.3 is 24.1 Å². The van der Waals surface area contributed by atoms with Crippen LogP contribution in [0.1, 0.15) is 27.7 Å². The molecule has 1 aromatic carbocycles. The number of rotatable bonds is 7. The van der Waals surface area contributed by atoms with Crippen LogP contribution in [-0.2, 0) is 18.8 Å². The van der Waals surface area contributed by atoms with Crippen LogP contribution in [0.15, 0.2) is 24.3 Å². The molecule has 1 saturated heterocycles. The maximum Gasteiger partial charge on any atom is 0.494 e. The minimum atomic E-state index is -0.450. The first-order valence-electron chi connectivity index (χ1n) is 8.09. The van der Waals surface area contributed by atoms with Crippen LogP contribution in [0.25, 0.3) is 0 Å². The van der Waals surface area contributed by atoms with Gasteiger partial charge in [-0.3, -0.25) is 4.79 Å². The van der Waals surface area contributed by atoms with E-state index in [-0.39, 0.29) is 12.5 Å². The molecule has 0 aromatic heterocycles. The van der Waals surface area contributed by atoms with Crippen molar-refractivity contribution in [2.45, 2.75) is 38.9 Å². The Morgan fingerprint density at radius 2 is 1.88 bits per heavy atom. The zero-order chi connectivity index (χ0) is 17.8. The molecule has 2 rings (SSSR count). The molecule has 1 aliphatic heterocycles. The number of amides is 1. The fraction of sp³-hybridized carbons (Fsp3) is 0.588. The van der Waals surface area contributed by atoms with Gasteiger partial charge >= 0.3 is 7.12 Å². The summed E-state index contributed by atoms with van der Waals surface area (Å²) in [6.07, 6.45) is 0. The first-order valence-corrected chi connectivity index (χ1v) is 8.09. The Morgan fingerprint density at radius 3 is 2.50 bits per heavy atom. The molecule has 1 fully saturated rings. The van der Waals surface area contributed by atoms with E-state index >= 15 is 0 Å². The van der Waals surface area contributed by atoms with Crippen molar-refractivity contribution in [1.29, 1.82) is 0 Å². The molecule has 132 valence electrons. The molecule has 1 aliphatic rings. The van der Waals surface area contributed by atoms with Crippen molar-refractivity contribution in [2.75, 3.05) is 26.9 Å². The molecule has 0 bridgehead atoms. The summed E-state index contributed by atoms with van der Waals surface area (Å²) in [5, 5.41) is 2.71. The van der Waals surface area contributed by atoms with Gasteiger partial charge in [0.1, 0.15) is 5.75 Å². The Morgan fingerprint density at radius 1 is 1.21 bits per heavy atom. The molecule has 1 amide bonds. The number of hydrogen-bond donors (Lipinski definition) is 1. The summed E-state index contributed by atoms with van der Waals surface area (Å²) >= 11 is 0. The van der Waals surface area contributed by atoms with Crippen LogP contribution >= 0.6 is 0 Å². The monoisotopic (exact) mass is 335 g/mol. The average Bonchev–Trinajstić information content (AvgIpc) is 2.74. The normalized spacial score (nSPS) is 18.5. The van der Waals surface area contributed by atoms with Crippen LogP contribution < -0.4 is 15.5 Å². The van der Waals surface area contributed by atoms with Gasteiger partial charge in [0.15, 0.2) is 6.61 Å². The molecule has 0 radical (unpaired) electrons. The van der Waals surface area contributed by atoms with E-state index in [2.05, 4.69) is 5.32 Å². The first-order chi connectivity index (χ1) is 11.2. The van der Waals surface area contributed by atoms with Gasteiger partial charge in [-0.1, -0.05) is 12.1 Å². The predicted molar refractivity (Wildman–Crippen MR) is 92.5 cm³/mol. The minimum absolute atomic E-state index is 0.0451. The van der Waals surface area contributed by atoms with Gasteiger partial charge in [0.25, 0.3) is 5.91 Å². The highest BCUT2D eigenvalue weighted by Crippen LogP contribution is 2.36. The van der Waals surface area contributed by atoms with Crippen molar-refractivity contribution in [3.8, 4) is 5.75 Å².